The summed E-state index contributed by atoms with van der Waals surface area (Å²) in [6.07, 6.45) is 5.80. The molecular formula is C23H35Cl2N3O2. The largest absolute Gasteiger partial charge is 0.375 e. The molecule has 7 heteroatoms. The highest BCUT2D eigenvalue weighted by molar-refractivity contribution is 6.44. The number of anilines is 1. The molecule has 0 unspecified atom stereocenters. The van der Waals surface area contributed by atoms with E-state index >= 15 is 0 Å². The summed E-state index contributed by atoms with van der Waals surface area (Å²) >= 11 is 12.9. The van der Waals surface area contributed by atoms with Crippen LogP contribution in [0, 0.1) is 12.8 Å². The molecule has 1 amide bonds. The van der Waals surface area contributed by atoms with Crippen molar-refractivity contribution in [3.63, 3.8) is 0 Å². The predicted octanol–water partition coefficient (Wildman–Crippen LogP) is 4.52. The summed E-state index contributed by atoms with van der Waals surface area (Å²) in [4.78, 5) is 16.6. The summed E-state index contributed by atoms with van der Waals surface area (Å²) in [5, 5.41) is 4.42. The van der Waals surface area contributed by atoms with Crippen LogP contribution < -0.4 is 10.2 Å². The Kier molecular flexibility index (Phi) is 8.70. The number of amides is 1. The normalized spacial score (nSPS) is 25.4. The Morgan fingerprint density at radius 2 is 1.90 bits per heavy atom. The first-order valence-corrected chi connectivity index (χ1v) is 11.9. The molecular weight excluding hydrogens is 421 g/mol. The fraction of sp³-hybridized carbons (Fsp3) is 0.696. The maximum atomic E-state index is 11.7. The van der Waals surface area contributed by atoms with Gasteiger partial charge in [-0.05, 0) is 70.0 Å². The minimum Gasteiger partial charge on any atom is -0.375 e. The Bertz CT molecular complexity index is 723. The molecule has 0 spiro atoms. The molecule has 1 N–H and O–H groups in total. The standard InChI is InChI=1S/C23H35Cl2N3O2/c1-16-4-9-20(23(25)22(16)24)28-13-12-27(14-17(28)2)11-10-18-5-7-19(8-6-18)26-21(29)15-30-3/h4,9,17-19H,5-8,10-15H2,1-3H3,(H,26,29)/t17-,18?,19?/m1/s1. The number of carbonyl (C=O) groups is 1. The van der Waals surface area contributed by atoms with Gasteiger partial charge in [-0.2, -0.15) is 0 Å². The molecule has 1 aliphatic carbocycles. The zero-order chi connectivity index (χ0) is 21.7. The summed E-state index contributed by atoms with van der Waals surface area (Å²) < 4.78 is 4.90. The second kappa shape index (κ2) is 11.0. The van der Waals surface area contributed by atoms with Gasteiger partial charge >= 0.3 is 0 Å². The number of carbonyl (C=O) groups excluding carboxylic acids is 1. The Hall–Kier alpha value is -1.01. The summed E-state index contributed by atoms with van der Waals surface area (Å²) in [5.74, 6) is 0.766. The van der Waals surface area contributed by atoms with E-state index < -0.39 is 0 Å². The number of ether oxygens (including phenoxy) is 1. The van der Waals surface area contributed by atoms with Crippen LogP contribution in [0.1, 0.15) is 44.6 Å². The molecule has 1 heterocycles. The molecule has 0 aromatic heterocycles. The highest BCUT2D eigenvalue weighted by atomic mass is 35.5. The molecule has 1 aromatic carbocycles. The average molecular weight is 456 g/mol. The van der Waals surface area contributed by atoms with Crippen molar-refractivity contribution in [3.05, 3.63) is 27.7 Å². The highest BCUT2D eigenvalue weighted by Gasteiger charge is 2.27. The Morgan fingerprint density at radius 1 is 1.17 bits per heavy atom. The van der Waals surface area contributed by atoms with Gasteiger partial charge in [-0.3, -0.25) is 9.69 Å². The van der Waals surface area contributed by atoms with E-state index in [1.807, 2.05) is 6.92 Å². The maximum Gasteiger partial charge on any atom is 0.246 e. The van der Waals surface area contributed by atoms with Crippen LogP contribution in [0.4, 0.5) is 5.69 Å². The van der Waals surface area contributed by atoms with Gasteiger partial charge in [0.05, 0.1) is 15.7 Å². The fourth-order valence-corrected chi connectivity index (χ4v) is 5.29. The van der Waals surface area contributed by atoms with Crippen LogP contribution in [0.5, 0.6) is 0 Å². The van der Waals surface area contributed by atoms with Crippen LogP contribution in [-0.4, -0.2) is 62.8 Å². The van der Waals surface area contributed by atoms with Crippen molar-refractivity contribution >= 4 is 34.8 Å². The number of rotatable bonds is 7. The molecule has 0 radical (unpaired) electrons. The van der Waals surface area contributed by atoms with Crippen molar-refractivity contribution in [1.82, 2.24) is 10.2 Å². The Morgan fingerprint density at radius 3 is 2.57 bits per heavy atom. The lowest BCUT2D eigenvalue weighted by Gasteiger charge is -2.42. The highest BCUT2D eigenvalue weighted by Crippen LogP contribution is 2.36. The zero-order valence-corrected chi connectivity index (χ0v) is 19.9. The average Bonchev–Trinajstić information content (AvgIpc) is 2.72. The second-order valence-corrected chi connectivity index (χ2v) is 9.64. The third-order valence-corrected chi connectivity index (χ3v) is 7.58. The van der Waals surface area contributed by atoms with Gasteiger partial charge in [0.15, 0.2) is 0 Å². The fourth-order valence-electron chi connectivity index (χ4n) is 4.81. The number of benzene rings is 1. The quantitative estimate of drug-likeness (QED) is 0.655. The van der Waals surface area contributed by atoms with Crippen molar-refractivity contribution in [2.45, 2.75) is 58.0 Å². The van der Waals surface area contributed by atoms with E-state index in [0.29, 0.717) is 22.1 Å². The summed E-state index contributed by atoms with van der Waals surface area (Å²) in [6, 6.07) is 4.87. The van der Waals surface area contributed by atoms with E-state index in [1.54, 1.807) is 7.11 Å². The third kappa shape index (κ3) is 6.03. The third-order valence-electron chi connectivity index (χ3n) is 6.62. The lowest BCUT2D eigenvalue weighted by Crippen LogP contribution is -2.52. The van der Waals surface area contributed by atoms with Crippen molar-refractivity contribution in [1.29, 1.82) is 0 Å². The first kappa shape index (κ1) is 23.6. The number of nitrogens with one attached hydrogen (secondary N) is 1. The predicted molar refractivity (Wildman–Crippen MR) is 125 cm³/mol. The smallest absolute Gasteiger partial charge is 0.246 e. The monoisotopic (exact) mass is 455 g/mol. The van der Waals surface area contributed by atoms with Crippen LogP contribution in [0.15, 0.2) is 12.1 Å². The van der Waals surface area contributed by atoms with Crippen molar-refractivity contribution < 1.29 is 9.53 Å². The van der Waals surface area contributed by atoms with Crippen molar-refractivity contribution in [3.8, 4) is 0 Å². The van der Waals surface area contributed by atoms with Gasteiger partial charge < -0.3 is 15.0 Å². The Balaban J connectivity index is 1.42. The number of hydrogen-bond acceptors (Lipinski definition) is 4. The summed E-state index contributed by atoms with van der Waals surface area (Å²) in [7, 11) is 1.56. The van der Waals surface area contributed by atoms with E-state index in [4.69, 9.17) is 27.9 Å². The lowest BCUT2D eigenvalue weighted by molar-refractivity contribution is -0.125. The zero-order valence-electron chi connectivity index (χ0n) is 18.4. The molecule has 2 fully saturated rings. The van der Waals surface area contributed by atoms with E-state index in [1.165, 1.54) is 19.3 Å². The lowest BCUT2D eigenvalue weighted by atomic mass is 9.84. The van der Waals surface area contributed by atoms with Gasteiger partial charge in [-0.15, -0.1) is 0 Å². The van der Waals surface area contributed by atoms with Crippen molar-refractivity contribution in [2.75, 3.05) is 44.8 Å². The van der Waals surface area contributed by atoms with Crippen LogP contribution in [-0.2, 0) is 9.53 Å². The van der Waals surface area contributed by atoms with Gasteiger partial charge in [-0.1, -0.05) is 29.3 Å². The number of halogens is 2. The number of aryl methyl sites for hydroxylation is 1. The topological polar surface area (TPSA) is 44.8 Å². The van der Waals surface area contributed by atoms with Crippen molar-refractivity contribution in [2.24, 2.45) is 5.92 Å². The first-order valence-electron chi connectivity index (χ1n) is 11.1. The summed E-state index contributed by atoms with van der Waals surface area (Å²) in [5.41, 5.74) is 2.07. The van der Waals surface area contributed by atoms with Gasteiger partial charge in [0.1, 0.15) is 6.61 Å². The molecule has 2 aliphatic rings. The van der Waals surface area contributed by atoms with Gasteiger partial charge in [0, 0.05) is 38.8 Å². The van der Waals surface area contributed by atoms with E-state index in [2.05, 4.69) is 34.2 Å². The molecule has 1 saturated carbocycles. The van der Waals surface area contributed by atoms with Gasteiger partial charge in [0.25, 0.3) is 0 Å². The molecule has 30 heavy (non-hydrogen) atoms. The van der Waals surface area contributed by atoms with Crippen LogP contribution in [0.25, 0.3) is 0 Å². The van der Waals surface area contributed by atoms with E-state index in [9.17, 15) is 4.79 Å². The molecule has 1 aliphatic heterocycles. The molecule has 1 saturated heterocycles. The molecule has 3 rings (SSSR count). The van der Waals surface area contributed by atoms with E-state index in [-0.39, 0.29) is 12.5 Å². The Labute approximate surface area is 191 Å². The molecule has 0 bridgehead atoms. The minimum absolute atomic E-state index is 0.00257. The number of piperazine rings is 1. The van der Waals surface area contributed by atoms with Crippen LogP contribution >= 0.6 is 23.2 Å². The molecule has 5 nitrogen and oxygen atoms in total. The van der Waals surface area contributed by atoms with Crippen LogP contribution in [0.2, 0.25) is 10.0 Å². The summed E-state index contributed by atoms with van der Waals surface area (Å²) in [6.45, 7) is 8.62. The molecule has 1 atom stereocenters. The second-order valence-electron chi connectivity index (χ2n) is 8.88. The maximum absolute atomic E-state index is 11.7. The molecule has 1 aromatic rings. The first-order chi connectivity index (χ1) is 14.4. The molecule has 168 valence electrons. The van der Waals surface area contributed by atoms with Crippen LogP contribution in [0.3, 0.4) is 0 Å². The SMILES string of the molecule is COCC(=O)NC1CCC(CCN2CCN(c3ccc(C)c(Cl)c3Cl)[C@H](C)C2)CC1. The number of hydrogen-bond donors (Lipinski definition) is 1. The van der Waals surface area contributed by atoms with E-state index in [0.717, 1.165) is 56.2 Å². The van der Waals surface area contributed by atoms with Gasteiger partial charge in [0.2, 0.25) is 5.91 Å². The van der Waals surface area contributed by atoms with Gasteiger partial charge in [-0.25, -0.2) is 0 Å². The minimum atomic E-state index is 0.00257. The number of nitrogens with zero attached hydrogens (tertiary/aromatic N) is 2. The number of methoxy groups -OCH3 is 1.